The van der Waals surface area contributed by atoms with Crippen LogP contribution in [-0.2, 0) is 6.42 Å². The van der Waals surface area contributed by atoms with Gasteiger partial charge in [-0.3, -0.25) is 0 Å². The lowest BCUT2D eigenvalue weighted by Gasteiger charge is -2.31. The number of aliphatic hydroxyl groups is 1. The van der Waals surface area contributed by atoms with Gasteiger partial charge in [-0.05, 0) is 29.3 Å². The van der Waals surface area contributed by atoms with Gasteiger partial charge in [0.25, 0.3) is 0 Å². The highest BCUT2D eigenvalue weighted by atomic mass is 19.1. The predicted octanol–water partition coefficient (Wildman–Crippen LogP) is 2.27. The molecule has 1 heterocycles. The van der Waals surface area contributed by atoms with Gasteiger partial charge < -0.3 is 20.1 Å². The fourth-order valence-electron chi connectivity index (χ4n) is 2.37. The maximum absolute atomic E-state index is 13.1. The Labute approximate surface area is 114 Å². The molecule has 20 heavy (non-hydrogen) atoms. The van der Waals surface area contributed by atoms with E-state index >= 15 is 0 Å². The molecular weight excluding hydrogens is 263 g/mol. The van der Waals surface area contributed by atoms with E-state index in [1.165, 1.54) is 24.3 Å². The second-order valence-corrected chi connectivity index (χ2v) is 4.81. The van der Waals surface area contributed by atoms with Crippen molar-refractivity contribution in [2.45, 2.75) is 18.6 Å². The van der Waals surface area contributed by atoms with Gasteiger partial charge in [0.15, 0.2) is 11.6 Å². The van der Waals surface area contributed by atoms with E-state index in [2.05, 4.69) is 0 Å². The number of benzene rings is 2. The van der Waals surface area contributed by atoms with Gasteiger partial charge in [0.2, 0.25) is 0 Å². The highest BCUT2D eigenvalue weighted by molar-refractivity contribution is 5.43. The minimum Gasteiger partial charge on any atom is -0.508 e. The summed E-state index contributed by atoms with van der Waals surface area (Å²) in [6, 6.07) is 8.50. The van der Waals surface area contributed by atoms with Crippen LogP contribution in [0, 0.1) is 5.82 Å². The summed E-state index contributed by atoms with van der Waals surface area (Å²) in [5.74, 6) is -0.665. The summed E-state index contributed by atoms with van der Waals surface area (Å²) >= 11 is 0. The number of fused-ring (bicyclic) bond motifs is 1. The van der Waals surface area contributed by atoms with Crippen molar-refractivity contribution in [1.82, 2.24) is 0 Å². The Balaban J connectivity index is 1.97. The maximum atomic E-state index is 13.1. The third-order valence-electron chi connectivity index (χ3n) is 3.38. The van der Waals surface area contributed by atoms with E-state index in [0.29, 0.717) is 17.7 Å². The second-order valence-electron chi connectivity index (χ2n) is 4.81. The first kappa shape index (κ1) is 12.7. The largest absolute Gasteiger partial charge is 0.508 e. The molecule has 0 bridgehead atoms. The Hall–Kier alpha value is -2.27. The van der Waals surface area contributed by atoms with Crippen LogP contribution in [0.1, 0.15) is 17.2 Å². The van der Waals surface area contributed by atoms with Gasteiger partial charge in [0.05, 0.1) is 6.10 Å². The highest BCUT2D eigenvalue weighted by Gasteiger charge is 2.30. The van der Waals surface area contributed by atoms with Crippen molar-refractivity contribution < 1.29 is 24.4 Å². The third-order valence-corrected chi connectivity index (χ3v) is 3.38. The highest BCUT2D eigenvalue weighted by Crippen LogP contribution is 2.37. The van der Waals surface area contributed by atoms with Crippen LogP contribution in [-0.4, -0.2) is 21.4 Å². The molecule has 0 radical (unpaired) electrons. The van der Waals surface area contributed by atoms with E-state index in [4.69, 9.17) is 4.74 Å². The number of rotatable bonds is 1. The average molecular weight is 276 g/mol. The number of halogens is 1. The van der Waals surface area contributed by atoms with Crippen LogP contribution in [0.4, 0.5) is 4.39 Å². The fourth-order valence-corrected chi connectivity index (χ4v) is 2.37. The summed E-state index contributed by atoms with van der Waals surface area (Å²) in [4.78, 5) is 0. The molecule has 2 atom stereocenters. The lowest BCUT2D eigenvalue weighted by atomic mass is 9.94. The first-order chi connectivity index (χ1) is 9.54. The zero-order valence-corrected chi connectivity index (χ0v) is 10.5. The number of hydrogen-bond donors (Lipinski definition) is 3. The number of aromatic hydroxyl groups is 2. The van der Waals surface area contributed by atoms with Gasteiger partial charge in [-0.25, -0.2) is 4.39 Å². The molecule has 1 unspecified atom stereocenters. The van der Waals surface area contributed by atoms with Gasteiger partial charge in [0, 0.05) is 12.5 Å². The van der Waals surface area contributed by atoms with E-state index in [1.54, 1.807) is 6.07 Å². The van der Waals surface area contributed by atoms with Gasteiger partial charge in [0.1, 0.15) is 17.6 Å². The van der Waals surface area contributed by atoms with Crippen molar-refractivity contribution in [3.63, 3.8) is 0 Å². The number of ether oxygens (including phenoxy) is 1. The molecule has 1 aliphatic rings. The minimum absolute atomic E-state index is 0.0702. The van der Waals surface area contributed by atoms with Crippen molar-refractivity contribution >= 4 is 0 Å². The summed E-state index contributed by atoms with van der Waals surface area (Å²) in [6.07, 6.45) is -1.16. The fraction of sp³-hybridized carbons (Fsp3) is 0.200. The molecule has 0 spiro atoms. The molecule has 0 aromatic heterocycles. The molecule has 0 aliphatic carbocycles. The molecule has 0 saturated heterocycles. The lowest BCUT2D eigenvalue weighted by molar-refractivity contribution is 0.0205. The molecule has 2 aromatic rings. The van der Waals surface area contributed by atoms with E-state index in [0.717, 1.165) is 11.6 Å². The first-order valence-electron chi connectivity index (χ1n) is 6.19. The zero-order chi connectivity index (χ0) is 14.3. The Morgan fingerprint density at radius 1 is 1.10 bits per heavy atom. The Morgan fingerprint density at radius 3 is 2.65 bits per heavy atom. The van der Waals surface area contributed by atoms with Crippen LogP contribution in [0.2, 0.25) is 0 Å². The zero-order valence-electron chi connectivity index (χ0n) is 10.5. The van der Waals surface area contributed by atoms with Crippen molar-refractivity contribution in [3.05, 3.63) is 53.3 Å². The van der Waals surface area contributed by atoms with Crippen LogP contribution >= 0.6 is 0 Å². The SMILES string of the molecule is Oc1ccc2c(c1)OC(c1ccc(F)c(O)c1)[C@H](O)C2. The van der Waals surface area contributed by atoms with Crippen LogP contribution < -0.4 is 4.74 Å². The molecule has 0 saturated carbocycles. The van der Waals surface area contributed by atoms with E-state index in [9.17, 15) is 19.7 Å². The third kappa shape index (κ3) is 2.16. The van der Waals surface area contributed by atoms with E-state index in [-0.39, 0.29) is 5.75 Å². The van der Waals surface area contributed by atoms with Gasteiger partial charge >= 0.3 is 0 Å². The predicted molar refractivity (Wildman–Crippen MR) is 69.3 cm³/mol. The summed E-state index contributed by atoms with van der Waals surface area (Å²) in [5.41, 5.74) is 1.27. The summed E-state index contributed by atoms with van der Waals surface area (Å²) in [6.45, 7) is 0. The first-order valence-corrected chi connectivity index (χ1v) is 6.19. The molecule has 104 valence electrons. The number of phenols is 2. The number of aliphatic hydroxyl groups excluding tert-OH is 1. The van der Waals surface area contributed by atoms with Crippen LogP contribution in [0.15, 0.2) is 36.4 Å². The quantitative estimate of drug-likeness (QED) is 0.747. The summed E-state index contributed by atoms with van der Waals surface area (Å²) in [5, 5.41) is 29.0. The maximum Gasteiger partial charge on any atom is 0.164 e. The van der Waals surface area contributed by atoms with E-state index in [1.807, 2.05) is 0 Å². The van der Waals surface area contributed by atoms with E-state index < -0.39 is 23.8 Å². The molecule has 5 heteroatoms. The van der Waals surface area contributed by atoms with Crippen LogP contribution in [0.5, 0.6) is 17.2 Å². The van der Waals surface area contributed by atoms with Crippen LogP contribution in [0.25, 0.3) is 0 Å². The minimum atomic E-state index is -0.808. The molecular formula is C15H13FO4. The number of phenolic OH excluding ortho intramolecular Hbond substituents is 2. The van der Waals surface area contributed by atoms with Gasteiger partial charge in [-0.2, -0.15) is 0 Å². The second kappa shape index (κ2) is 4.68. The average Bonchev–Trinajstić information content (AvgIpc) is 2.42. The normalized spacial score (nSPS) is 21.1. The topological polar surface area (TPSA) is 69.9 Å². The van der Waals surface area contributed by atoms with Crippen molar-refractivity contribution in [2.75, 3.05) is 0 Å². The summed E-state index contributed by atoms with van der Waals surface area (Å²) in [7, 11) is 0. The smallest absolute Gasteiger partial charge is 0.164 e. The van der Waals surface area contributed by atoms with Crippen molar-refractivity contribution in [1.29, 1.82) is 0 Å². The van der Waals surface area contributed by atoms with Gasteiger partial charge in [-0.1, -0.05) is 12.1 Å². The Kier molecular flexibility index (Phi) is 2.99. The van der Waals surface area contributed by atoms with Gasteiger partial charge in [-0.15, -0.1) is 0 Å². The summed E-state index contributed by atoms with van der Waals surface area (Å²) < 4.78 is 18.7. The van der Waals surface area contributed by atoms with Crippen molar-refractivity contribution in [3.8, 4) is 17.2 Å². The molecule has 0 fully saturated rings. The molecule has 3 rings (SSSR count). The molecule has 1 aliphatic heterocycles. The lowest BCUT2D eigenvalue weighted by Crippen LogP contribution is -2.30. The molecule has 4 nitrogen and oxygen atoms in total. The van der Waals surface area contributed by atoms with Crippen LogP contribution in [0.3, 0.4) is 0 Å². The monoisotopic (exact) mass is 276 g/mol. The Morgan fingerprint density at radius 2 is 1.90 bits per heavy atom. The molecule has 3 N–H and O–H groups in total. The number of hydrogen-bond acceptors (Lipinski definition) is 4. The molecule has 2 aromatic carbocycles. The standard InChI is InChI=1S/C15H13FO4/c16-11-4-2-9(6-12(11)18)15-13(19)5-8-1-3-10(17)7-14(8)20-15/h1-4,6-7,13,15,17-19H,5H2/t13-,15?/m1/s1. The van der Waals surface area contributed by atoms with Crippen molar-refractivity contribution in [2.24, 2.45) is 0 Å². The molecule has 0 amide bonds. The Bertz CT molecular complexity index is 656.